The number of rotatable bonds is 3. The van der Waals surface area contributed by atoms with Crippen molar-refractivity contribution in [3.8, 4) is 0 Å². The van der Waals surface area contributed by atoms with Crippen LogP contribution in [0.2, 0.25) is 0 Å². The summed E-state index contributed by atoms with van der Waals surface area (Å²) in [7, 11) is 0. The summed E-state index contributed by atoms with van der Waals surface area (Å²) >= 11 is 0. The Hall–Kier alpha value is -1.33. The van der Waals surface area contributed by atoms with E-state index in [1.54, 1.807) is 0 Å². The minimum Gasteiger partial charge on any atom is -0.386 e. The fraction of sp³-hybridized carbons (Fsp3) is 0.429. The molecule has 0 amide bonds. The summed E-state index contributed by atoms with van der Waals surface area (Å²) in [6.07, 6.45) is -3.44. The molecule has 0 saturated carbocycles. The predicted octanol–water partition coefficient (Wildman–Crippen LogP) is 3.33. The molecule has 0 aliphatic carbocycles. The summed E-state index contributed by atoms with van der Waals surface area (Å²) in [6.45, 7) is 7.10. The van der Waals surface area contributed by atoms with E-state index in [1.807, 2.05) is 0 Å². The average molecular weight is 274 g/mol. The molecule has 1 atom stereocenters. The molecule has 1 unspecified atom stereocenters. The number of aliphatic hydroxyl groups is 2. The van der Waals surface area contributed by atoms with E-state index in [0.717, 1.165) is 6.07 Å². The molecule has 1 aromatic rings. The summed E-state index contributed by atoms with van der Waals surface area (Å²) in [5, 5.41) is 19.6. The lowest BCUT2D eigenvalue weighted by Gasteiger charge is -2.29. The van der Waals surface area contributed by atoms with Gasteiger partial charge in [-0.2, -0.15) is 13.2 Å². The van der Waals surface area contributed by atoms with E-state index in [4.69, 9.17) is 0 Å². The van der Waals surface area contributed by atoms with Gasteiger partial charge in [-0.25, -0.2) is 0 Å². The van der Waals surface area contributed by atoms with Crippen molar-refractivity contribution in [1.82, 2.24) is 0 Å². The Bertz CT molecular complexity index is 482. The Morgan fingerprint density at radius 3 is 1.84 bits per heavy atom. The van der Waals surface area contributed by atoms with Crippen LogP contribution < -0.4 is 0 Å². The second-order valence-corrected chi connectivity index (χ2v) is 5.18. The Labute approximate surface area is 110 Å². The third kappa shape index (κ3) is 3.16. The Kier molecular flexibility index (Phi) is 3.85. The monoisotopic (exact) mass is 274 g/mol. The van der Waals surface area contributed by atoms with Gasteiger partial charge in [0.1, 0.15) is 0 Å². The molecule has 0 spiro atoms. The van der Waals surface area contributed by atoms with Crippen molar-refractivity contribution < 1.29 is 23.4 Å². The molecule has 0 heterocycles. The molecule has 106 valence electrons. The van der Waals surface area contributed by atoms with Gasteiger partial charge in [-0.1, -0.05) is 12.7 Å². The van der Waals surface area contributed by atoms with Crippen LogP contribution in [-0.4, -0.2) is 16.4 Å². The molecule has 19 heavy (non-hydrogen) atoms. The van der Waals surface area contributed by atoms with Crippen molar-refractivity contribution in [2.45, 2.75) is 38.1 Å². The molecule has 0 bridgehead atoms. The lowest BCUT2D eigenvalue weighted by molar-refractivity contribution is -0.258. The van der Waals surface area contributed by atoms with Gasteiger partial charge in [0.25, 0.3) is 0 Å². The molecule has 0 aliphatic rings. The number of halogens is 3. The first-order chi connectivity index (χ1) is 8.39. The molecule has 0 saturated heterocycles. The predicted molar refractivity (Wildman–Crippen MR) is 67.4 cm³/mol. The second-order valence-electron chi connectivity index (χ2n) is 5.18. The lowest BCUT2D eigenvalue weighted by atomic mass is 9.87. The summed E-state index contributed by atoms with van der Waals surface area (Å²) in [4.78, 5) is 0. The molecule has 0 aliphatic heterocycles. The molecule has 1 aromatic carbocycles. The maximum Gasteiger partial charge on any atom is 0.421 e. The van der Waals surface area contributed by atoms with Gasteiger partial charge >= 0.3 is 6.18 Å². The molecule has 5 heteroatoms. The highest BCUT2D eigenvalue weighted by atomic mass is 19.4. The van der Waals surface area contributed by atoms with Gasteiger partial charge in [0, 0.05) is 0 Å². The van der Waals surface area contributed by atoms with Crippen LogP contribution in [0.25, 0.3) is 6.08 Å². The van der Waals surface area contributed by atoms with E-state index in [9.17, 15) is 23.4 Å². The Morgan fingerprint density at radius 1 is 1.00 bits per heavy atom. The first-order valence-electron chi connectivity index (χ1n) is 5.69. The van der Waals surface area contributed by atoms with Crippen LogP contribution in [-0.2, 0) is 11.2 Å². The van der Waals surface area contributed by atoms with Gasteiger partial charge in [-0.15, -0.1) is 0 Å². The van der Waals surface area contributed by atoms with Gasteiger partial charge in [0.05, 0.1) is 5.60 Å². The van der Waals surface area contributed by atoms with E-state index in [-0.39, 0.29) is 11.1 Å². The third-order valence-electron chi connectivity index (χ3n) is 3.01. The summed E-state index contributed by atoms with van der Waals surface area (Å²) in [5.41, 5.74) is -3.93. The molecule has 0 radical (unpaired) electrons. The molecule has 1 rings (SSSR count). The van der Waals surface area contributed by atoms with Crippen LogP contribution in [0.15, 0.2) is 24.8 Å². The number of alkyl halides is 3. The average Bonchev–Trinajstić information content (AvgIpc) is 2.25. The fourth-order valence-corrected chi connectivity index (χ4v) is 1.57. The minimum atomic E-state index is -4.80. The number of benzene rings is 1. The van der Waals surface area contributed by atoms with Crippen LogP contribution in [0.1, 0.15) is 37.5 Å². The lowest BCUT2D eigenvalue weighted by Crippen LogP contribution is -2.39. The van der Waals surface area contributed by atoms with Crippen molar-refractivity contribution in [2.75, 3.05) is 0 Å². The van der Waals surface area contributed by atoms with Crippen LogP contribution >= 0.6 is 0 Å². The number of hydrogen-bond donors (Lipinski definition) is 2. The van der Waals surface area contributed by atoms with Crippen LogP contribution in [0, 0.1) is 0 Å². The summed E-state index contributed by atoms with van der Waals surface area (Å²) in [6, 6.07) is 3.89. The molecule has 2 N–H and O–H groups in total. The number of hydrogen-bond acceptors (Lipinski definition) is 2. The van der Waals surface area contributed by atoms with E-state index in [2.05, 4.69) is 6.58 Å². The highest BCUT2D eigenvalue weighted by Crippen LogP contribution is 2.40. The van der Waals surface area contributed by atoms with Gasteiger partial charge in [-0.3, -0.25) is 0 Å². The first-order valence-corrected chi connectivity index (χ1v) is 5.69. The Morgan fingerprint density at radius 2 is 1.47 bits per heavy atom. The standard InChI is InChI=1S/C14H17F3O2/c1-5-9-6-10(12(2,3)18)8-11(7-9)13(4,19)14(15,16)17/h5-8,18-19H,1H2,2-4H3. The molecule has 0 fully saturated rings. The van der Waals surface area contributed by atoms with Crippen molar-refractivity contribution in [2.24, 2.45) is 0 Å². The smallest absolute Gasteiger partial charge is 0.386 e. The zero-order valence-electron chi connectivity index (χ0n) is 11.0. The zero-order valence-corrected chi connectivity index (χ0v) is 11.0. The summed E-state index contributed by atoms with van der Waals surface area (Å²) < 4.78 is 38.5. The fourth-order valence-electron chi connectivity index (χ4n) is 1.57. The van der Waals surface area contributed by atoms with Crippen molar-refractivity contribution in [1.29, 1.82) is 0 Å². The zero-order chi connectivity index (χ0) is 15.1. The van der Waals surface area contributed by atoms with Crippen molar-refractivity contribution >= 4 is 6.08 Å². The van der Waals surface area contributed by atoms with Crippen LogP contribution in [0.3, 0.4) is 0 Å². The largest absolute Gasteiger partial charge is 0.421 e. The molecular weight excluding hydrogens is 257 g/mol. The van der Waals surface area contributed by atoms with Crippen molar-refractivity contribution in [3.05, 3.63) is 41.5 Å². The SMILES string of the molecule is C=Cc1cc(C(C)(C)O)cc(C(C)(O)C(F)(F)F)c1. The van der Waals surface area contributed by atoms with Gasteiger partial charge in [-0.05, 0) is 55.7 Å². The highest BCUT2D eigenvalue weighted by Gasteiger charge is 2.51. The second kappa shape index (κ2) is 4.65. The first kappa shape index (κ1) is 15.7. The normalized spacial score (nSPS) is 16.0. The van der Waals surface area contributed by atoms with Crippen LogP contribution in [0.4, 0.5) is 13.2 Å². The van der Waals surface area contributed by atoms with Gasteiger partial charge < -0.3 is 10.2 Å². The van der Waals surface area contributed by atoms with Gasteiger partial charge in [0.2, 0.25) is 0 Å². The van der Waals surface area contributed by atoms with E-state index < -0.39 is 17.4 Å². The summed E-state index contributed by atoms with van der Waals surface area (Å²) in [5.74, 6) is 0. The van der Waals surface area contributed by atoms with E-state index in [0.29, 0.717) is 12.5 Å². The van der Waals surface area contributed by atoms with Crippen molar-refractivity contribution in [3.63, 3.8) is 0 Å². The molecule has 2 nitrogen and oxygen atoms in total. The van der Waals surface area contributed by atoms with Gasteiger partial charge in [0.15, 0.2) is 5.60 Å². The third-order valence-corrected chi connectivity index (χ3v) is 3.01. The maximum absolute atomic E-state index is 12.8. The maximum atomic E-state index is 12.8. The molecular formula is C14H17F3O2. The van der Waals surface area contributed by atoms with E-state index in [1.165, 1.54) is 32.1 Å². The van der Waals surface area contributed by atoms with E-state index >= 15 is 0 Å². The Balaban J connectivity index is 3.49. The topological polar surface area (TPSA) is 40.5 Å². The molecule has 0 aromatic heterocycles. The highest BCUT2D eigenvalue weighted by molar-refractivity contribution is 5.52. The van der Waals surface area contributed by atoms with Crippen LogP contribution in [0.5, 0.6) is 0 Å². The minimum absolute atomic E-state index is 0.282. The quantitative estimate of drug-likeness (QED) is 0.887.